The van der Waals surface area contributed by atoms with E-state index in [2.05, 4.69) is 22.8 Å². The first-order valence-corrected chi connectivity index (χ1v) is 7.37. The van der Waals surface area contributed by atoms with E-state index < -0.39 is 5.97 Å². The molecule has 0 amide bonds. The molecule has 2 aromatic carbocycles. The number of carboxylic acid groups (broad SMARTS) is 1. The maximum absolute atomic E-state index is 10.7. The molecule has 0 aliphatic rings. The van der Waals surface area contributed by atoms with Gasteiger partial charge in [-0.3, -0.25) is 0 Å². The highest BCUT2D eigenvalue weighted by Gasteiger charge is 2.03. The van der Waals surface area contributed by atoms with Crippen molar-refractivity contribution in [1.29, 1.82) is 5.26 Å². The summed E-state index contributed by atoms with van der Waals surface area (Å²) >= 11 is 0. The zero-order valence-electron chi connectivity index (χ0n) is 12.8. The van der Waals surface area contributed by atoms with Crippen LogP contribution in [0.1, 0.15) is 5.56 Å². The molecule has 0 spiro atoms. The van der Waals surface area contributed by atoms with Gasteiger partial charge in [0.15, 0.2) is 0 Å². The van der Waals surface area contributed by atoms with E-state index in [0.717, 1.165) is 16.8 Å². The molecule has 0 saturated heterocycles. The first-order chi connectivity index (χ1) is 11.7. The summed E-state index contributed by atoms with van der Waals surface area (Å²) in [7, 11) is 0. The molecule has 1 N–H and O–H groups in total. The van der Waals surface area contributed by atoms with Crippen LogP contribution in [0.2, 0.25) is 0 Å². The van der Waals surface area contributed by atoms with Crippen molar-refractivity contribution < 1.29 is 9.90 Å². The number of hydrogen-bond acceptors (Lipinski definition) is 2. The van der Waals surface area contributed by atoms with Gasteiger partial charge in [-0.05, 0) is 41.3 Å². The van der Waals surface area contributed by atoms with Crippen molar-refractivity contribution in [2.75, 3.05) is 0 Å². The number of nitrogens with zero attached hydrogens (tertiary/aromatic N) is 2. The normalized spacial score (nSPS) is 11.7. The minimum Gasteiger partial charge on any atom is -0.477 e. The Labute approximate surface area is 139 Å². The van der Waals surface area contributed by atoms with E-state index in [-0.39, 0.29) is 5.57 Å². The number of para-hydroxylation sites is 1. The van der Waals surface area contributed by atoms with E-state index in [0.29, 0.717) is 0 Å². The molecule has 1 aromatic heterocycles. The zero-order chi connectivity index (χ0) is 16.9. The van der Waals surface area contributed by atoms with Gasteiger partial charge in [-0.1, -0.05) is 42.5 Å². The Hall–Kier alpha value is -3.58. The first kappa shape index (κ1) is 15.3. The second-order valence-corrected chi connectivity index (χ2v) is 5.19. The van der Waals surface area contributed by atoms with Crippen LogP contribution in [-0.2, 0) is 4.79 Å². The standard InChI is InChI=1S/C20H14N2O2/c21-14-17(20(23)24)6-3-4-15-8-10-18(11-9-15)22-13-12-16-5-1-2-7-19(16)22/h1-13H,(H,23,24)/b4-3+,17-6+. The molecule has 0 atom stereocenters. The summed E-state index contributed by atoms with van der Waals surface area (Å²) in [4.78, 5) is 10.7. The van der Waals surface area contributed by atoms with Gasteiger partial charge in [-0.2, -0.15) is 5.26 Å². The lowest BCUT2D eigenvalue weighted by Crippen LogP contribution is -1.96. The van der Waals surface area contributed by atoms with E-state index in [9.17, 15) is 4.79 Å². The molecule has 0 unspecified atom stereocenters. The van der Waals surface area contributed by atoms with Crippen LogP contribution >= 0.6 is 0 Å². The van der Waals surface area contributed by atoms with Crippen molar-refractivity contribution >= 4 is 22.9 Å². The lowest BCUT2D eigenvalue weighted by atomic mass is 10.1. The van der Waals surface area contributed by atoms with Crippen LogP contribution in [0.25, 0.3) is 22.7 Å². The zero-order valence-corrected chi connectivity index (χ0v) is 12.8. The average molecular weight is 314 g/mol. The van der Waals surface area contributed by atoms with Gasteiger partial charge in [-0.15, -0.1) is 0 Å². The molecule has 0 saturated carbocycles. The molecule has 0 aliphatic heterocycles. The van der Waals surface area contributed by atoms with Crippen LogP contribution in [0, 0.1) is 11.3 Å². The molecule has 0 bridgehead atoms. The maximum Gasteiger partial charge on any atom is 0.346 e. The molecule has 0 fully saturated rings. The molecular formula is C20H14N2O2. The number of benzene rings is 2. The Balaban J connectivity index is 1.84. The van der Waals surface area contributed by atoms with Gasteiger partial charge in [-0.25, -0.2) is 4.79 Å². The molecule has 1 heterocycles. The quantitative estimate of drug-likeness (QED) is 0.446. The minimum absolute atomic E-state index is 0.290. The molecule has 116 valence electrons. The van der Waals surface area contributed by atoms with Gasteiger partial charge in [0.05, 0.1) is 5.52 Å². The molecule has 3 aromatic rings. The third-order valence-corrected chi connectivity index (χ3v) is 3.67. The Morgan fingerprint density at radius 3 is 2.54 bits per heavy atom. The van der Waals surface area contributed by atoms with Crippen molar-refractivity contribution in [3.05, 3.63) is 84.1 Å². The third-order valence-electron chi connectivity index (χ3n) is 3.67. The number of nitriles is 1. The van der Waals surface area contributed by atoms with E-state index in [1.165, 1.54) is 11.5 Å². The fraction of sp³-hybridized carbons (Fsp3) is 0. The summed E-state index contributed by atoms with van der Waals surface area (Å²) in [5.41, 5.74) is 2.83. The maximum atomic E-state index is 10.7. The minimum atomic E-state index is -1.23. The predicted molar refractivity (Wildman–Crippen MR) is 93.6 cm³/mol. The lowest BCUT2D eigenvalue weighted by molar-refractivity contribution is -0.132. The van der Waals surface area contributed by atoms with Crippen LogP contribution in [-0.4, -0.2) is 15.6 Å². The summed E-state index contributed by atoms with van der Waals surface area (Å²) in [5, 5.41) is 18.6. The molecule has 4 heteroatoms. The van der Waals surface area contributed by atoms with E-state index in [4.69, 9.17) is 10.4 Å². The van der Waals surface area contributed by atoms with E-state index >= 15 is 0 Å². The monoisotopic (exact) mass is 314 g/mol. The van der Waals surface area contributed by atoms with Crippen molar-refractivity contribution in [3.8, 4) is 11.8 Å². The molecular weight excluding hydrogens is 300 g/mol. The number of aromatic nitrogens is 1. The van der Waals surface area contributed by atoms with E-state index in [1.54, 1.807) is 18.2 Å². The second kappa shape index (κ2) is 6.67. The number of aliphatic carboxylic acids is 1. The molecule has 4 nitrogen and oxygen atoms in total. The Bertz CT molecular complexity index is 986. The topological polar surface area (TPSA) is 66.0 Å². The van der Waals surface area contributed by atoms with Crippen LogP contribution < -0.4 is 0 Å². The largest absolute Gasteiger partial charge is 0.477 e. The Morgan fingerprint density at radius 2 is 1.83 bits per heavy atom. The van der Waals surface area contributed by atoms with Crippen LogP contribution in [0.4, 0.5) is 0 Å². The summed E-state index contributed by atoms with van der Waals surface area (Å²) in [5.74, 6) is -1.23. The van der Waals surface area contributed by atoms with Crippen molar-refractivity contribution in [2.45, 2.75) is 0 Å². The molecule has 0 radical (unpaired) electrons. The predicted octanol–water partition coefficient (Wildman–Crippen LogP) is 4.18. The molecule has 3 rings (SSSR count). The van der Waals surface area contributed by atoms with Gasteiger partial charge < -0.3 is 9.67 Å². The van der Waals surface area contributed by atoms with Crippen LogP contribution in [0.3, 0.4) is 0 Å². The van der Waals surface area contributed by atoms with Gasteiger partial charge in [0.1, 0.15) is 11.6 Å². The summed E-state index contributed by atoms with van der Waals surface area (Å²) in [6.07, 6.45) is 6.64. The summed E-state index contributed by atoms with van der Waals surface area (Å²) < 4.78 is 2.11. The van der Waals surface area contributed by atoms with Gasteiger partial charge >= 0.3 is 5.97 Å². The highest BCUT2D eigenvalue weighted by atomic mass is 16.4. The summed E-state index contributed by atoms with van der Waals surface area (Å²) in [6.45, 7) is 0. The van der Waals surface area contributed by atoms with Gasteiger partial charge in [0.2, 0.25) is 0 Å². The lowest BCUT2D eigenvalue weighted by Gasteiger charge is -2.05. The van der Waals surface area contributed by atoms with Gasteiger partial charge in [0.25, 0.3) is 0 Å². The fourth-order valence-corrected chi connectivity index (χ4v) is 2.47. The van der Waals surface area contributed by atoms with Crippen molar-refractivity contribution in [1.82, 2.24) is 4.57 Å². The number of carbonyl (C=O) groups is 1. The highest BCUT2D eigenvalue weighted by Crippen LogP contribution is 2.20. The van der Waals surface area contributed by atoms with Crippen molar-refractivity contribution in [3.63, 3.8) is 0 Å². The SMILES string of the molecule is N#C/C(=C\C=C\c1ccc(-n2ccc3ccccc32)cc1)C(=O)O. The first-order valence-electron chi connectivity index (χ1n) is 7.37. The summed E-state index contributed by atoms with van der Waals surface area (Å²) in [6, 6.07) is 19.8. The number of carboxylic acids is 1. The number of rotatable bonds is 4. The van der Waals surface area contributed by atoms with Gasteiger partial charge in [0, 0.05) is 11.9 Å². The molecule has 0 aliphatic carbocycles. The smallest absolute Gasteiger partial charge is 0.346 e. The van der Waals surface area contributed by atoms with E-state index in [1.807, 2.05) is 42.6 Å². The number of fused-ring (bicyclic) bond motifs is 1. The average Bonchev–Trinajstić information content (AvgIpc) is 3.03. The van der Waals surface area contributed by atoms with Crippen LogP contribution in [0.5, 0.6) is 0 Å². The van der Waals surface area contributed by atoms with Crippen molar-refractivity contribution in [2.24, 2.45) is 0 Å². The number of allylic oxidation sites excluding steroid dienone is 2. The van der Waals surface area contributed by atoms with Crippen LogP contribution in [0.15, 0.2) is 78.5 Å². The fourth-order valence-electron chi connectivity index (χ4n) is 2.47. The Morgan fingerprint density at radius 1 is 1.08 bits per heavy atom. The Kier molecular flexibility index (Phi) is 4.26. The highest BCUT2D eigenvalue weighted by molar-refractivity contribution is 5.91. The third kappa shape index (κ3) is 3.11. The number of hydrogen-bond donors (Lipinski definition) is 1. The molecule has 24 heavy (non-hydrogen) atoms. The second-order valence-electron chi connectivity index (χ2n) is 5.19.